The van der Waals surface area contributed by atoms with E-state index in [0.717, 1.165) is 16.8 Å². The van der Waals surface area contributed by atoms with E-state index in [2.05, 4.69) is 48.1 Å². The van der Waals surface area contributed by atoms with Gasteiger partial charge in [-0.1, -0.05) is 24.3 Å². The molecule has 1 amide bonds. The largest absolute Gasteiger partial charge is 0.392 e. The van der Waals surface area contributed by atoms with Crippen molar-refractivity contribution in [3.63, 3.8) is 0 Å². The number of hydrogen-bond acceptors (Lipinski definition) is 5. The number of amides is 1. The lowest BCUT2D eigenvalue weighted by Crippen LogP contribution is -2.51. The number of nitrogens with one attached hydrogen (secondary N) is 1. The van der Waals surface area contributed by atoms with Crippen LogP contribution in [0.1, 0.15) is 38.4 Å². The molecule has 2 atom stereocenters. The third kappa shape index (κ3) is 4.14. The molecule has 0 bridgehead atoms. The molecule has 2 heterocycles. The van der Waals surface area contributed by atoms with Gasteiger partial charge < -0.3 is 10.4 Å². The molecule has 1 aliphatic heterocycles. The molecule has 140 valence electrons. The maximum absolute atomic E-state index is 12.6. The molecule has 0 unspecified atom stereocenters. The molecule has 3 rings (SSSR count). The summed E-state index contributed by atoms with van der Waals surface area (Å²) in [5.41, 5.74) is 4.96. The number of nitrogens with zero attached hydrogens (tertiary/aromatic N) is 2. The Morgan fingerprint density at radius 2 is 2.04 bits per heavy atom. The topological polar surface area (TPSA) is 65.5 Å². The Morgan fingerprint density at radius 1 is 1.35 bits per heavy atom. The molecular weight excluding hydrogens is 346 g/mol. The summed E-state index contributed by atoms with van der Waals surface area (Å²) in [4.78, 5) is 20.2. The third-order valence-corrected chi connectivity index (χ3v) is 5.85. The molecule has 6 heteroatoms. The number of carbonyl (C=O) groups is 1. The van der Waals surface area contributed by atoms with Crippen LogP contribution >= 0.6 is 11.3 Å². The summed E-state index contributed by atoms with van der Waals surface area (Å²) in [5.74, 6) is -0.0150. The average Bonchev–Trinajstić information content (AvgIpc) is 3.18. The molecule has 5 nitrogen and oxygen atoms in total. The number of aliphatic hydroxyl groups excluding tert-OH is 1. The first kappa shape index (κ1) is 19.0. The van der Waals surface area contributed by atoms with E-state index in [4.69, 9.17) is 0 Å². The van der Waals surface area contributed by atoms with Crippen molar-refractivity contribution in [2.24, 2.45) is 0 Å². The number of rotatable bonds is 4. The normalized spacial score (nSPS) is 21.1. The van der Waals surface area contributed by atoms with Crippen molar-refractivity contribution in [1.29, 1.82) is 0 Å². The molecule has 0 spiro atoms. The second-order valence-corrected chi connectivity index (χ2v) is 8.76. The van der Waals surface area contributed by atoms with Gasteiger partial charge in [0.15, 0.2) is 0 Å². The Labute approximate surface area is 159 Å². The zero-order valence-corrected chi connectivity index (χ0v) is 16.6. The molecular formula is C20H27N3O2S. The minimum atomic E-state index is -0.438. The summed E-state index contributed by atoms with van der Waals surface area (Å²) in [5, 5.41) is 13.0. The van der Waals surface area contributed by atoms with Crippen molar-refractivity contribution >= 4 is 17.2 Å². The van der Waals surface area contributed by atoms with E-state index in [1.165, 1.54) is 4.88 Å². The van der Waals surface area contributed by atoms with Gasteiger partial charge in [-0.05, 0) is 45.2 Å². The molecule has 1 fully saturated rings. The summed E-state index contributed by atoms with van der Waals surface area (Å²) in [6.07, 6.45) is 0.0547. The summed E-state index contributed by atoms with van der Waals surface area (Å²) in [6, 6.07) is 7.95. The molecule has 2 N–H and O–H groups in total. The molecule has 1 aromatic carbocycles. The number of β-amino-alcohol motifs (C(OH)–C–C–N with tert-alkyl or cyclic N) is 1. The number of aromatic nitrogens is 1. The number of benzene rings is 1. The van der Waals surface area contributed by atoms with Gasteiger partial charge in [-0.15, -0.1) is 11.3 Å². The molecule has 2 aromatic rings. The van der Waals surface area contributed by atoms with E-state index in [-0.39, 0.29) is 17.5 Å². The Bertz CT molecular complexity index is 764. The van der Waals surface area contributed by atoms with Crippen LogP contribution in [0, 0.1) is 6.92 Å². The molecule has 0 aliphatic carbocycles. The lowest BCUT2D eigenvalue weighted by atomic mass is 10.0. The standard InChI is InChI=1S/C20H27N3O2S/c1-13-18(26-12-22-13)15-7-5-14(6-8-15)10-21-19(25)17-9-16(24)11-23(17)20(2,3)4/h5-8,12,16-17,24H,9-11H2,1-4H3,(H,21,25)/t16-,17+/m1/s1. The lowest BCUT2D eigenvalue weighted by molar-refractivity contribution is -0.127. The Kier molecular flexibility index (Phi) is 5.46. The fourth-order valence-electron chi connectivity index (χ4n) is 3.46. The van der Waals surface area contributed by atoms with Gasteiger partial charge in [-0.25, -0.2) is 4.98 Å². The van der Waals surface area contributed by atoms with Crippen molar-refractivity contribution in [3.8, 4) is 10.4 Å². The van der Waals surface area contributed by atoms with Gasteiger partial charge in [0.05, 0.1) is 28.2 Å². The minimum absolute atomic E-state index is 0.0150. The zero-order valence-electron chi connectivity index (χ0n) is 15.8. The number of hydrogen-bond donors (Lipinski definition) is 2. The highest BCUT2D eigenvalue weighted by Crippen LogP contribution is 2.28. The first-order valence-electron chi connectivity index (χ1n) is 8.97. The van der Waals surface area contributed by atoms with Gasteiger partial charge in [-0.2, -0.15) is 0 Å². The van der Waals surface area contributed by atoms with E-state index < -0.39 is 6.10 Å². The van der Waals surface area contributed by atoms with Crippen molar-refractivity contribution in [1.82, 2.24) is 15.2 Å². The fraction of sp³-hybridized carbons (Fsp3) is 0.500. The highest BCUT2D eigenvalue weighted by molar-refractivity contribution is 7.13. The Morgan fingerprint density at radius 3 is 2.62 bits per heavy atom. The smallest absolute Gasteiger partial charge is 0.237 e. The molecule has 0 radical (unpaired) electrons. The van der Waals surface area contributed by atoms with Crippen LogP contribution in [-0.2, 0) is 11.3 Å². The van der Waals surface area contributed by atoms with E-state index in [1.54, 1.807) is 11.3 Å². The number of likely N-dealkylation sites (tertiary alicyclic amines) is 1. The third-order valence-electron chi connectivity index (χ3n) is 4.87. The fourth-order valence-corrected chi connectivity index (χ4v) is 4.28. The van der Waals surface area contributed by atoms with Crippen molar-refractivity contribution in [2.75, 3.05) is 6.54 Å². The Hall–Kier alpha value is -1.76. The van der Waals surface area contributed by atoms with Crippen LogP contribution in [0.4, 0.5) is 0 Å². The molecule has 26 heavy (non-hydrogen) atoms. The second-order valence-electron chi connectivity index (χ2n) is 7.91. The average molecular weight is 374 g/mol. The summed E-state index contributed by atoms with van der Waals surface area (Å²) < 4.78 is 0. The van der Waals surface area contributed by atoms with Gasteiger partial charge in [0.1, 0.15) is 0 Å². The molecule has 0 saturated carbocycles. The van der Waals surface area contributed by atoms with Gasteiger partial charge in [0.25, 0.3) is 0 Å². The van der Waals surface area contributed by atoms with E-state index in [0.29, 0.717) is 19.5 Å². The number of thiazole rings is 1. The maximum Gasteiger partial charge on any atom is 0.237 e. The molecule has 1 aromatic heterocycles. The quantitative estimate of drug-likeness (QED) is 0.865. The van der Waals surface area contributed by atoms with Gasteiger partial charge >= 0.3 is 0 Å². The van der Waals surface area contributed by atoms with Crippen LogP contribution < -0.4 is 5.32 Å². The number of carbonyl (C=O) groups excluding carboxylic acids is 1. The van der Waals surface area contributed by atoms with Crippen LogP contribution in [-0.4, -0.2) is 45.1 Å². The van der Waals surface area contributed by atoms with E-state index >= 15 is 0 Å². The summed E-state index contributed by atoms with van der Waals surface area (Å²) >= 11 is 1.64. The molecule has 1 aliphatic rings. The predicted molar refractivity (Wildman–Crippen MR) is 105 cm³/mol. The van der Waals surface area contributed by atoms with Gasteiger partial charge in [0.2, 0.25) is 5.91 Å². The second kappa shape index (κ2) is 7.47. The predicted octanol–water partition coefficient (Wildman–Crippen LogP) is 2.97. The first-order chi connectivity index (χ1) is 12.3. The van der Waals surface area contributed by atoms with Crippen LogP contribution in [0.15, 0.2) is 29.8 Å². The Balaban J connectivity index is 1.62. The summed E-state index contributed by atoms with van der Waals surface area (Å²) in [7, 11) is 0. The van der Waals surface area contributed by atoms with Gasteiger partial charge in [-0.3, -0.25) is 9.69 Å². The van der Waals surface area contributed by atoms with Crippen molar-refractivity contribution < 1.29 is 9.90 Å². The highest BCUT2D eigenvalue weighted by atomic mass is 32.1. The highest BCUT2D eigenvalue weighted by Gasteiger charge is 2.41. The SMILES string of the molecule is Cc1ncsc1-c1ccc(CNC(=O)[C@@H]2C[C@@H](O)CN2C(C)(C)C)cc1. The maximum atomic E-state index is 12.6. The van der Waals surface area contributed by atoms with Crippen LogP contribution in [0.5, 0.6) is 0 Å². The monoisotopic (exact) mass is 373 g/mol. The van der Waals surface area contributed by atoms with Gasteiger partial charge in [0, 0.05) is 18.6 Å². The van der Waals surface area contributed by atoms with E-state index in [1.807, 2.05) is 24.6 Å². The van der Waals surface area contributed by atoms with Crippen LogP contribution in [0.25, 0.3) is 10.4 Å². The first-order valence-corrected chi connectivity index (χ1v) is 9.85. The minimum Gasteiger partial charge on any atom is -0.392 e. The summed E-state index contributed by atoms with van der Waals surface area (Å²) in [6.45, 7) is 9.27. The van der Waals surface area contributed by atoms with E-state index in [9.17, 15) is 9.90 Å². The van der Waals surface area contributed by atoms with Crippen molar-refractivity contribution in [3.05, 3.63) is 41.0 Å². The number of aryl methyl sites for hydroxylation is 1. The lowest BCUT2D eigenvalue weighted by Gasteiger charge is -2.36. The van der Waals surface area contributed by atoms with Crippen LogP contribution in [0.2, 0.25) is 0 Å². The van der Waals surface area contributed by atoms with Crippen molar-refractivity contribution in [2.45, 2.75) is 58.3 Å². The molecule has 1 saturated heterocycles. The number of aliphatic hydroxyl groups is 1. The zero-order chi connectivity index (χ0) is 18.9. The van der Waals surface area contributed by atoms with Crippen LogP contribution in [0.3, 0.4) is 0 Å².